The van der Waals surface area contributed by atoms with Gasteiger partial charge in [-0.25, -0.2) is 0 Å². The number of aromatic nitrogens is 1. The highest BCUT2D eigenvalue weighted by Gasteiger charge is 2.45. The number of carbonyl (C=O) groups is 2. The SMILES string of the molecule is O=C1CC2(CCN(C(=O)c3ccc[nH]3)CC2)CN1Cc1ccc(Cl)cc1. The lowest BCUT2D eigenvalue weighted by Gasteiger charge is -2.38. The molecule has 2 aliphatic heterocycles. The van der Waals surface area contributed by atoms with Crippen LogP contribution in [0.15, 0.2) is 42.6 Å². The Hall–Kier alpha value is -2.27. The van der Waals surface area contributed by atoms with Crippen LogP contribution in [-0.2, 0) is 11.3 Å². The van der Waals surface area contributed by atoms with E-state index in [-0.39, 0.29) is 17.2 Å². The fraction of sp³-hybridized carbons (Fsp3) is 0.400. The van der Waals surface area contributed by atoms with Crippen LogP contribution < -0.4 is 0 Å². The van der Waals surface area contributed by atoms with Gasteiger partial charge in [0.1, 0.15) is 5.69 Å². The number of aromatic amines is 1. The number of nitrogens with zero attached hydrogens (tertiary/aromatic N) is 2. The predicted octanol–water partition coefficient (Wildman–Crippen LogP) is 3.32. The molecule has 1 spiro atoms. The summed E-state index contributed by atoms with van der Waals surface area (Å²) in [4.78, 5) is 31.8. The summed E-state index contributed by atoms with van der Waals surface area (Å²) in [5.41, 5.74) is 1.74. The largest absolute Gasteiger partial charge is 0.357 e. The molecule has 1 aromatic heterocycles. The molecule has 6 heteroatoms. The normalized spacial score (nSPS) is 19.3. The predicted molar refractivity (Wildman–Crippen MR) is 99.8 cm³/mol. The van der Waals surface area contributed by atoms with Gasteiger partial charge < -0.3 is 14.8 Å². The van der Waals surface area contributed by atoms with Gasteiger partial charge in [0.2, 0.25) is 5.91 Å². The van der Waals surface area contributed by atoms with Crippen LogP contribution in [0.5, 0.6) is 0 Å². The molecule has 0 radical (unpaired) electrons. The van der Waals surface area contributed by atoms with E-state index in [2.05, 4.69) is 4.98 Å². The summed E-state index contributed by atoms with van der Waals surface area (Å²) in [6.07, 6.45) is 4.11. The Morgan fingerprint density at radius 3 is 2.54 bits per heavy atom. The first-order chi connectivity index (χ1) is 12.5. The van der Waals surface area contributed by atoms with Crippen molar-refractivity contribution in [3.63, 3.8) is 0 Å². The van der Waals surface area contributed by atoms with Gasteiger partial charge in [-0.1, -0.05) is 23.7 Å². The maximum atomic E-state index is 12.5. The molecule has 0 bridgehead atoms. The third kappa shape index (κ3) is 3.36. The van der Waals surface area contributed by atoms with Gasteiger partial charge in [-0.05, 0) is 42.7 Å². The molecule has 1 aromatic carbocycles. The fourth-order valence-electron chi connectivity index (χ4n) is 4.09. The van der Waals surface area contributed by atoms with Gasteiger partial charge in [0, 0.05) is 49.2 Å². The van der Waals surface area contributed by atoms with Crippen LogP contribution in [0.3, 0.4) is 0 Å². The van der Waals surface area contributed by atoms with Gasteiger partial charge in [-0.3, -0.25) is 9.59 Å². The molecule has 2 aromatic rings. The molecule has 2 aliphatic rings. The third-order valence-corrected chi connectivity index (χ3v) is 5.88. The number of hydrogen-bond donors (Lipinski definition) is 1. The minimum absolute atomic E-state index is 0.00994. The summed E-state index contributed by atoms with van der Waals surface area (Å²) in [5, 5.41) is 0.706. The number of amides is 2. The van der Waals surface area contributed by atoms with Crippen LogP contribution in [0.25, 0.3) is 0 Å². The molecule has 5 nitrogen and oxygen atoms in total. The summed E-state index contributed by atoms with van der Waals surface area (Å²) < 4.78 is 0. The van der Waals surface area contributed by atoms with Crippen molar-refractivity contribution in [3.05, 3.63) is 58.9 Å². The molecule has 3 heterocycles. The smallest absolute Gasteiger partial charge is 0.270 e. The zero-order valence-electron chi connectivity index (χ0n) is 14.6. The van der Waals surface area contributed by atoms with Crippen molar-refractivity contribution in [3.8, 4) is 0 Å². The van der Waals surface area contributed by atoms with Crippen molar-refractivity contribution in [1.29, 1.82) is 0 Å². The number of benzene rings is 1. The second kappa shape index (κ2) is 6.80. The van der Waals surface area contributed by atoms with Crippen LogP contribution in [-0.4, -0.2) is 46.2 Å². The molecule has 136 valence electrons. The molecule has 1 N–H and O–H groups in total. The zero-order chi connectivity index (χ0) is 18.1. The standard InChI is InChI=1S/C20H22ClN3O2/c21-16-5-3-15(4-6-16)13-24-14-20(12-18(24)25)7-10-23(11-8-20)19(26)17-2-1-9-22-17/h1-6,9,22H,7-8,10-14H2. The van der Waals surface area contributed by atoms with E-state index in [1.165, 1.54) is 0 Å². The molecule has 0 atom stereocenters. The number of H-pyrrole nitrogens is 1. The Balaban J connectivity index is 1.38. The van der Waals surface area contributed by atoms with Crippen LogP contribution in [0, 0.1) is 5.41 Å². The van der Waals surface area contributed by atoms with Crippen molar-refractivity contribution in [2.75, 3.05) is 19.6 Å². The number of piperidine rings is 1. The minimum atomic E-state index is 0.00994. The van der Waals surface area contributed by atoms with Crippen molar-refractivity contribution in [1.82, 2.24) is 14.8 Å². The zero-order valence-corrected chi connectivity index (χ0v) is 15.3. The molecule has 26 heavy (non-hydrogen) atoms. The van der Waals surface area contributed by atoms with Gasteiger partial charge in [-0.15, -0.1) is 0 Å². The van der Waals surface area contributed by atoms with Crippen LogP contribution in [0.2, 0.25) is 5.02 Å². The van der Waals surface area contributed by atoms with E-state index in [1.54, 1.807) is 12.3 Å². The van der Waals surface area contributed by atoms with E-state index < -0.39 is 0 Å². The molecule has 2 saturated heterocycles. The number of halogens is 1. The molecule has 0 aliphatic carbocycles. The highest BCUT2D eigenvalue weighted by atomic mass is 35.5. The number of likely N-dealkylation sites (tertiary alicyclic amines) is 2. The van der Waals surface area contributed by atoms with E-state index in [4.69, 9.17) is 11.6 Å². The lowest BCUT2D eigenvalue weighted by atomic mass is 9.77. The summed E-state index contributed by atoms with van der Waals surface area (Å²) in [6.45, 7) is 2.82. The second-order valence-electron chi connectivity index (χ2n) is 7.43. The van der Waals surface area contributed by atoms with Gasteiger partial charge in [0.25, 0.3) is 5.91 Å². The third-order valence-electron chi connectivity index (χ3n) is 5.63. The Labute approximate surface area is 157 Å². The molecule has 4 rings (SSSR count). The van der Waals surface area contributed by atoms with E-state index >= 15 is 0 Å². The minimum Gasteiger partial charge on any atom is -0.357 e. The average molecular weight is 372 g/mol. The van der Waals surface area contributed by atoms with Crippen LogP contribution in [0.4, 0.5) is 0 Å². The number of rotatable bonds is 3. The lowest BCUT2D eigenvalue weighted by molar-refractivity contribution is -0.128. The first kappa shape index (κ1) is 17.2. The Morgan fingerprint density at radius 1 is 1.15 bits per heavy atom. The molecular weight excluding hydrogens is 350 g/mol. The summed E-state index contributed by atoms with van der Waals surface area (Å²) in [5.74, 6) is 0.260. The fourth-order valence-corrected chi connectivity index (χ4v) is 4.21. The molecule has 2 fully saturated rings. The first-order valence-electron chi connectivity index (χ1n) is 9.00. The van der Waals surface area contributed by atoms with Gasteiger partial charge >= 0.3 is 0 Å². The van der Waals surface area contributed by atoms with Crippen molar-refractivity contribution < 1.29 is 9.59 Å². The van der Waals surface area contributed by atoms with Crippen molar-refractivity contribution in [2.24, 2.45) is 5.41 Å². The highest BCUT2D eigenvalue weighted by Crippen LogP contribution is 2.41. The van der Waals surface area contributed by atoms with Crippen LogP contribution >= 0.6 is 11.6 Å². The molecule has 0 unspecified atom stereocenters. The quantitative estimate of drug-likeness (QED) is 0.899. The summed E-state index contributed by atoms with van der Waals surface area (Å²) in [6, 6.07) is 11.3. The molecule has 2 amide bonds. The molecular formula is C20H22ClN3O2. The molecule has 0 saturated carbocycles. The van der Waals surface area contributed by atoms with E-state index in [0.717, 1.165) is 24.9 Å². The first-order valence-corrected chi connectivity index (χ1v) is 9.37. The topological polar surface area (TPSA) is 56.4 Å². The van der Waals surface area contributed by atoms with Gasteiger partial charge in [-0.2, -0.15) is 0 Å². The monoisotopic (exact) mass is 371 g/mol. The van der Waals surface area contributed by atoms with E-state index in [9.17, 15) is 9.59 Å². The number of hydrogen-bond acceptors (Lipinski definition) is 2. The Bertz CT molecular complexity index is 793. The maximum absolute atomic E-state index is 12.5. The van der Waals surface area contributed by atoms with Gasteiger partial charge in [0.15, 0.2) is 0 Å². The highest BCUT2D eigenvalue weighted by molar-refractivity contribution is 6.30. The van der Waals surface area contributed by atoms with Crippen molar-refractivity contribution in [2.45, 2.75) is 25.8 Å². The second-order valence-corrected chi connectivity index (χ2v) is 7.87. The van der Waals surface area contributed by atoms with Crippen molar-refractivity contribution >= 4 is 23.4 Å². The number of carbonyl (C=O) groups excluding carboxylic acids is 2. The van der Waals surface area contributed by atoms with Gasteiger partial charge in [0.05, 0.1) is 0 Å². The summed E-state index contributed by atoms with van der Waals surface area (Å²) >= 11 is 5.93. The Morgan fingerprint density at radius 2 is 1.88 bits per heavy atom. The van der Waals surface area contributed by atoms with Crippen LogP contribution in [0.1, 0.15) is 35.3 Å². The average Bonchev–Trinajstić information content (AvgIpc) is 3.26. The number of nitrogens with one attached hydrogen (secondary N) is 1. The summed E-state index contributed by atoms with van der Waals surface area (Å²) in [7, 11) is 0. The maximum Gasteiger partial charge on any atom is 0.270 e. The van der Waals surface area contributed by atoms with E-state index in [0.29, 0.717) is 36.8 Å². The lowest BCUT2D eigenvalue weighted by Crippen LogP contribution is -2.44. The Kier molecular flexibility index (Phi) is 4.49. The van der Waals surface area contributed by atoms with E-state index in [1.807, 2.05) is 40.1 Å².